The lowest BCUT2D eigenvalue weighted by atomic mass is 10.0. The maximum atomic E-state index is 12.1. The topological polar surface area (TPSA) is 44.7 Å². The summed E-state index contributed by atoms with van der Waals surface area (Å²) in [5.41, 5.74) is 0.334. The van der Waals surface area contributed by atoms with E-state index in [-0.39, 0.29) is 5.91 Å². The van der Waals surface area contributed by atoms with Gasteiger partial charge in [-0.1, -0.05) is 24.6 Å². The fourth-order valence-electron chi connectivity index (χ4n) is 3.47. The molecule has 0 atom stereocenters. The second-order valence-corrected chi connectivity index (χ2v) is 7.24. The summed E-state index contributed by atoms with van der Waals surface area (Å²) in [6, 6.07) is 0. The van der Waals surface area contributed by atoms with E-state index >= 15 is 0 Å². The van der Waals surface area contributed by atoms with Crippen LogP contribution in [0.5, 0.6) is 0 Å². The summed E-state index contributed by atoms with van der Waals surface area (Å²) < 4.78 is 0. The molecule has 1 amide bonds. The average molecular weight is 295 g/mol. The molecule has 112 valence electrons. The van der Waals surface area contributed by atoms with Crippen LogP contribution in [-0.2, 0) is 4.79 Å². The van der Waals surface area contributed by atoms with Gasteiger partial charge in [0.15, 0.2) is 5.17 Å². The minimum atomic E-state index is 0.285. The van der Waals surface area contributed by atoms with E-state index in [1.165, 1.54) is 44.9 Å². The summed E-state index contributed by atoms with van der Waals surface area (Å²) >= 11 is 1.84. The number of hydrogen-bond donors (Lipinski definition) is 1. The van der Waals surface area contributed by atoms with E-state index in [0.29, 0.717) is 18.5 Å². The maximum Gasteiger partial charge on any atom is 0.224 e. The standard InChI is InChI=1S/C15H25N3OS/c19-13(18-10-4-1-5-11-18)6-9-16-14-17-15(12-20-14)7-2-3-8-15/h1-12H2,(H,16,17). The Bertz CT molecular complexity index is 385. The molecule has 3 fully saturated rings. The van der Waals surface area contributed by atoms with Crippen LogP contribution in [0.2, 0.25) is 0 Å². The van der Waals surface area contributed by atoms with Crippen molar-refractivity contribution in [1.29, 1.82) is 0 Å². The number of piperidine rings is 1. The van der Waals surface area contributed by atoms with Gasteiger partial charge in [0.05, 0.1) is 6.54 Å². The van der Waals surface area contributed by atoms with Crippen molar-refractivity contribution in [2.24, 2.45) is 4.99 Å². The van der Waals surface area contributed by atoms with Crippen molar-refractivity contribution in [2.45, 2.75) is 56.9 Å². The number of likely N-dealkylation sites (tertiary alicyclic amines) is 1. The second-order valence-electron chi connectivity index (χ2n) is 6.28. The number of nitrogens with one attached hydrogen (secondary N) is 1. The molecule has 0 unspecified atom stereocenters. The number of amidine groups is 1. The van der Waals surface area contributed by atoms with E-state index in [4.69, 9.17) is 0 Å². The van der Waals surface area contributed by atoms with Crippen molar-refractivity contribution >= 4 is 22.8 Å². The smallest absolute Gasteiger partial charge is 0.224 e. The van der Waals surface area contributed by atoms with Gasteiger partial charge in [-0.05, 0) is 32.1 Å². The van der Waals surface area contributed by atoms with Gasteiger partial charge in [-0.3, -0.25) is 9.79 Å². The zero-order valence-corrected chi connectivity index (χ0v) is 13.0. The van der Waals surface area contributed by atoms with E-state index in [0.717, 1.165) is 24.0 Å². The summed E-state index contributed by atoms with van der Waals surface area (Å²) in [6.07, 6.45) is 9.42. The Labute approximate surface area is 125 Å². The lowest BCUT2D eigenvalue weighted by Crippen LogP contribution is -2.40. The number of amides is 1. The highest BCUT2D eigenvalue weighted by Gasteiger charge is 2.39. The molecule has 1 saturated carbocycles. The molecule has 1 spiro atoms. The predicted octanol–water partition coefficient (Wildman–Crippen LogP) is 2.39. The van der Waals surface area contributed by atoms with Crippen LogP contribution in [-0.4, -0.2) is 46.9 Å². The molecule has 2 heterocycles. The Morgan fingerprint density at radius 1 is 1.20 bits per heavy atom. The summed E-state index contributed by atoms with van der Waals surface area (Å²) in [5, 5.41) is 4.68. The van der Waals surface area contributed by atoms with Crippen LogP contribution in [0.4, 0.5) is 0 Å². The number of thioether (sulfide) groups is 1. The molecule has 3 aliphatic rings. The van der Waals surface area contributed by atoms with Gasteiger partial charge in [0.2, 0.25) is 5.91 Å². The van der Waals surface area contributed by atoms with E-state index in [1.807, 2.05) is 16.7 Å². The van der Waals surface area contributed by atoms with Crippen molar-refractivity contribution in [3.63, 3.8) is 0 Å². The lowest BCUT2D eigenvalue weighted by molar-refractivity contribution is -0.131. The minimum absolute atomic E-state index is 0.285. The maximum absolute atomic E-state index is 12.1. The fourth-order valence-corrected chi connectivity index (χ4v) is 4.71. The SMILES string of the molecule is O=C(CCN=C1NC2(CCCC2)CS1)N1CCCCC1. The zero-order valence-electron chi connectivity index (χ0n) is 12.2. The largest absolute Gasteiger partial charge is 0.359 e. The molecule has 2 aliphatic heterocycles. The molecular weight excluding hydrogens is 270 g/mol. The molecule has 0 bridgehead atoms. The summed E-state index contributed by atoms with van der Waals surface area (Å²) in [5.74, 6) is 1.44. The highest BCUT2D eigenvalue weighted by Crippen LogP contribution is 2.37. The average Bonchev–Trinajstić information content (AvgIpc) is 3.10. The third-order valence-corrected chi connectivity index (χ3v) is 5.91. The minimum Gasteiger partial charge on any atom is -0.359 e. The molecule has 0 radical (unpaired) electrons. The van der Waals surface area contributed by atoms with E-state index in [2.05, 4.69) is 10.3 Å². The fraction of sp³-hybridized carbons (Fsp3) is 0.867. The van der Waals surface area contributed by atoms with Crippen molar-refractivity contribution in [3.8, 4) is 0 Å². The van der Waals surface area contributed by atoms with Crippen molar-refractivity contribution in [2.75, 3.05) is 25.4 Å². The summed E-state index contributed by atoms with van der Waals surface area (Å²) in [7, 11) is 0. The number of aliphatic imine (C=N–C) groups is 1. The van der Waals surface area contributed by atoms with Gasteiger partial charge < -0.3 is 10.2 Å². The Morgan fingerprint density at radius 2 is 1.95 bits per heavy atom. The van der Waals surface area contributed by atoms with Gasteiger partial charge in [-0.25, -0.2) is 0 Å². The number of nitrogens with zero attached hydrogens (tertiary/aromatic N) is 2. The number of hydrogen-bond acceptors (Lipinski definition) is 3. The molecule has 0 aromatic rings. The van der Waals surface area contributed by atoms with Crippen LogP contribution in [0.3, 0.4) is 0 Å². The third kappa shape index (κ3) is 3.30. The van der Waals surface area contributed by atoms with E-state index < -0.39 is 0 Å². The van der Waals surface area contributed by atoms with Gasteiger partial charge in [-0.2, -0.15) is 0 Å². The van der Waals surface area contributed by atoms with Crippen LogP contribution in [0.25, 0.3) is 0 Å². The molecule has 1 aliphatic carbocycles. The van der Waals surface area contributed by atoms with Crippen LogP contribution in [0.15, 0.2) is 4.99 Å². The first-order valence-electron chi connectivity index (χ1n) is 8.01. The van der Waals surface area contributed by atoms with Gasteiger partial charge in [-0.15, -0.1) is 0 Å². The first-order chi connectivity index (χ1) is 9.77. The zero-order chi connectivity index (χ0) is 13.8. The van der Waals surface area contributed by atoms with Gasteiger partial charge >= 0.3 is 0 Å². The van der Waals surface area contributed by atoms with Crippen molar-refractivity contribution in [1.82, 2.24) is 10.2 Å². The molecule has 0 aromatic heterocycles. The van der Waals surface area contributed by atoms with Crippen LogP contribution < -0.4 is 5.32 Å². The Balaban J connectivity index is 1.43. The van der Waals surface area contributed by atoms with Gasteiger partial charge in [0, 0.05) is 30.8 Å². The van der Waals surface area contributed by atoms with Crippen LogP contribution >= 0.6 is 11.8 Å². The molecule has 2 saturated heterocycles. The highest BCUT2D eigenvalue weighted by atomic mass is 32.2. The number of carbonyl (C=O) groups excluding carboxylic acids is 1. The van der Waals surface area contributed by atoms with Crippen molar-refractivity contribution < 1.29 is 4.79 Å². The van der Waals surface area contributed by atoms with E-state index in [9.17, 15) is 4.79 Å². The molecule has 5 heteroatoms. The first kappa shape index (κ1) is 14.2. The quantitative estimate of drug-likeness (QED) is 0.869. The van der Waals surface area contributed by atoms with Crippen LogP contribution in [0, 0.1) is 0 Å². The van der Waals surface area contributed by atoms with E-state index in [1.54, 1.807) is 0 Å². The van der Waals surface area contributed by atoms with Gasteiger partial charge in [0.25, 0.3) is 0 Å². The van der Waals surface area contributed by atoms with Gasteiger partial charge in [0.1, 0.15) is 0 Å². The van der Waals surface area contributed by atoms with Crippen LogP contribution in [0.1, 0.15) is 51.4 Å². The highest BCUT2D eigenvalue weighted by molar-refractivity contribution is 8.14. The Kier molecular flexibility index (Phi) is 4.54. The molecule has 1 N–H and O–H groups in total. The lowest BCUT2D eigenvalue weighted by Gasteiger charge is -2.26. The van der Waals surface area contributed by atoms with Crippen molar-refractivity contribution in [3.05, 3.63) is 0 Å². The number of rotatable bonds is 3. The third-order valence-electron chi connectivity index (χ3n) is 4.71. The normalized spacial score (nSPS) is 27.2. The first-order valence-corrected chi connectivity index (χ1v) is 8.99. The molecule has 4 nitrogen and oxygen atoms in total. The number of carbonyl (C=O) groups is 1. The molecule has 3 rings (SSSR count). The predicted molar refractivity (Wildman–Crippen MR) is 84.1 cm³/mol. The molecule has 0 aromatic carbocycles. The summed E-state index contributed by atoms with van der Waals surface area (Å²) in [6.45, 7) is 2.54. The molecular formula is C15H25N3OS. The Morgan fingerprint density at radius 3 is 2.70 bits per heavy atom. The summed E-state index contributed by atoms with van der Waals surface area (Å²) in [4.78, 5) is 18.7. The second kappa shape index (κ2) is 6.37. The molecule has 20 heavy (non-hydrogen) atoms. The monoisotopic (exact) mass is 295 g/mol. The Hall–Kier alpha value is -0.710.